The van der Waals surface area contributed by atoms with Gasteiger partial charge in [-0.05, 0) is 24.3 Å². The van der Waals surface area contributed by atoms with Gasteiger partial charge in [-0.15, -0.1) is 0 Å². The van der Waals surface area contributed by atoms with Gasteiger partial charge in [-0.25, -0.2) is 14.6 Å². The first kappa shape index (κ1) is 23.3. The number of nitrogens with zero attached hydrogens (tertiary/aromatic N) is 2. The molecule has 0 atom stereocenters. The molecule has 0 fully saturated rings. The number of ether oxygens (including phenoxy) is 4. The van der Waals surface area contributed by atoms with E-state index in [1.807, 2.05) is 54.2 Å². The van der Waals surface area contributed by atoms with Crippen molar-refractivity contribution in [2.24, 2.45) is 7.05 Å². The van der Waals surface area contributed by atoms with Crippen LogP contribution in [0.1, 0.15) is 5.56 Å². The van der Waals surface area contributed by atoms with Gasteiger partial charge in [0.1, 0.15) is 0 Å². The fraction of sp³-hybridized carbons (Fsp3) is 0.227. The molecular formula is C22H23N3O8. The Morgan fingerprint density at radius 3 is 2.48 bits per heavy atom. The molecule has 4 rings (SSSR count). The highest BCUT2D eigenvalue weighted by Gasteiger charge is 2.16. The van der Waals surface area contributed by atoms with Crippen LogP contribution < -0.4 is 24.3 Å². The largest absolute Gasteiger partial charge is 0.493 e. The number of para-hydroxylation sites is 1. The van der Waals surface area contributed by atoms with Gasteiger partial charge in [0.25, 0.3) is 0 Å². The van der Waals surface area contributed by atoms with Gasteiger partial charge in [0, 0.05) is 24.7 Å². The third-order valence-corrected chi connectivity index (χ3v) is 4.76. The van der Waals surface area contributed by atoms with Gasteiger partial charge in [-0.2, -0.15) is 0 Å². The lowest BCUT2D eigenvalue weighted by Crippen LogP contribution is -2.09. The van der Waals surface area contributed by atoms with Gasteiger partial charge in [-0.3, -0.25) is 0 Å². The van der Waals surface area contributed by atoms with Gasteiger partial charge < -0.3 is 39.0 Å². The topological polar surface area (TPSA) is 141 Å². The summed E-state index contributed by atoms with van der Waals surface area (Å²) in [7, 11) is 5.24. The maximum absolute atomic E-state index is 9.10. The predicted octanol–water partition coefficient (Wildman–Crippen LogP) is 2.60. The minimum absolute atomic E-state index is 0.263. The van der Waals surface area contributed by atoms with Crippen LogP contribution in [0.3, 0.4) is 0 Å². The van der Waals surface area contributed by atoms with E-state index in [1.54, 1.807) is 14.2 Å². The molecule has 0 saturated heterocycles. The molecule has 33 heavy (non-hydrogen) atoms. The minimum Gasteiger partial charge on any atom is -0.493 e. The number of carboxylic acids is 2. The van der Waals surface area contributed by atoms with E-state index >= 15 is 0 Å². The summed E-state index contributed by atoms with van der Waals surface area (Å²) < 4.78 is 23.7. The Kier molecular flexibility index (Phi) is 7.24. The Bertz CT molecular complexity index is 1150. The average molecular weight is 457 g/mol. The zero-order valence-electron chi connectivity index (χ0n) is 18.2. The first-order valence-corrected chi connectivity index (χ1v) is 9.67. The lowest BCUT2D eigenvalue weighted by Gasteiger charge is -2.14. The summed E-state index contributed by atoms with van der Waals surface area (Å²) in [4.78, 5) is 22.7. The fourth-order valence-corrected chi connectivity index (χ4v) is 3.17. The van der Waals surface area contributed by atoms with Crippen LogP contribution in [0, 0.1) is 0 Å². The summed E-state index contributed by atoms with van der Waals surface area (Å²) in [6, 6.07) is 11.7. The van der Waals surface area contributed by atoms with Gasteiger partial charge in [-0.1, -0.05) is 12.1 Å². The number of aromatic nitrogens is 2. The number of aliphatic carboxylic acids is 2. The molecule has 3 N–H and O–H groups in total. The summed E-state index contributed by atoms with van der Waals surface area (Å²) in [6.07, 6.45) is 1.84. The Labute approximate surface area is 189 Å². The monoisotopic (exact) mass is 457 g/mol. The van der Waals surface area contributed by atoms with Crippen LogP contribution in [-0.4, -0.2) is 52.7 Å². The molecule has 0 unspecified atom stereocenters. The second-order valence-electron chi connectivity index (χ2n) is 6.71. The number of carbonyl (C=O) groups is 2. The molecule has 1 aliphatic rings. The van der Waals surface area contributed by atoms with E-state index in [1.165, 1.54) is 0 Å². The molecule has 0 bridgehead atoms. The van der Waals surface area contributed by atoms with Crippen molar-refractivity contribution in [3.05, 3.63) is 48.2 Å². The van der Waals surface area contributed by atoms with Gasteiger partial charge >= 0.3 is 11.9 Å². The van der Waals surface area contributed by atoms with Crippen molar-refractivity contribution in [2.75, 3.05) is 26.3 Å². The predicted molar refractivity (Wildman–Crippen MR) is 117 cm³/mol. The number of carboxylic acid groups (broad SMARTS) is 2. The quantitative estimate of drug-likeness (QED) is 0.473. The standard InChI is InChI=1S/C20H21N3O4.C2H2O4/c1-23-15(13-7-8-16-18(9-13)27-12-26-16)11-22-20(23)21-10-14-5-4-6-17(24-2)19(14)25-3;3-1(4)2(5)6/h4-9,11H,10,12H2,1-3H3,(H,21,22);(H,3,4)(H,5,6). The number of nitrogens with one attached hydrogen (secondary N) is 1. The molecule has 0 aliphatic carbocycles. The molecule has 11 nitrogen and oxygen atoms in total. The summed E-state index contributed by atoms with van der Waals surface area (Å²) in [5.74, 6) is 0.0571. The highest BCUT2D eigenvalue weighted by atomic mass is 16.7. The lowest BCUT2D eigenvalue weighted by atomic mass is 10.1. The summed E-state index contributed by atoms with van der Waals surface area (Å²) in [5.41, 5.74) is 2.99. The number of anilines is 1. The van der Waals surface area contributed by atoms with E-state index in [-0.39, 0.29) is 6.79 Å². The van der Waals surface area contributed by atoms with Crippen molar-refractivity contribution < 1.29 is 38.7 Å². The summed E-state index contributed by atoms with van der Waals surface area (Å²) >= 11 is 0. The highest BCUT2D eigenvalue weighted by Crippen LogP contribution is 2.36. The lowest BCUT2D eigenvalue weighted by molar-refractivity contribution is -0.159. The van der Waals surface area contributed by atoms with E-state index in [0.717, 1.165) is 40.0 Å². The second kappa shape index (κ2) is 10.3. The number of methoxy groups -OCH3 is 2. The van der Waals surface area contributed by atoms with Gasteiger partial charge in [0.2, 0.25) is 12.7 Å². The van der Waals surface area contributed by atoms with Crippen LogP contribution in [0.4, 0.5) is 5.95 Å². The molecule has 0 spiro atoms. The Morgan fingerprint density at radius 2 is 1.82 bits per heavy atom. The molecule has 11 heteroatoms. The normalized spacial score (nSPS) is 11.2. The number of fused-ring (bicyclic) bond motifs is 1. The summed E-state index contributed by atoms with van der Waals surface area (Å²) in [5, 5.41) is 18.1. The number of hydrogen-bond acceptors (Lipinski definition) is 8. The molecule has 0 radical (unpaired) electrons. The van der Waals surface area contributed by atoms with E-state index in [4.69, 9.17) is 38.7 Å². The van der Waals surface area contributed by atoms with Gasteiger partial charge in [0.15, 0.2) is 23.0 Å². The van der Waals surface area contributed by atoms with Crippen LogP contribution >= 0.6 is 0 Å². The highest BCUT2D eigenvalue weighted by molar-refractivity contribution is 6.27. The van der Waals surface area contributed by atoms with Crippen molar-refractivity contribution in [1.82, 2.24) is 9.55 Å². The zero-order chi connectivity index (χ0) is 24.0. The van der Waals surface area contributed by atoms with E-state index in [0.29, 0.717) is 12.3 Å². The van der Waals surface area contributed by atoms with Crippen molar-refractivity contribution in [3.8, 4) is 34.3 Å². The molecule has 2 heterocycles. The summed E-state index contributed by atoms with van der Waals surface area (Å²) in [6.45, 7) is 0.825. The Morgan fingerprint density at radius 1 is 1.09 bits per heavy atom. The second-order valence-corrected chi connectivity index (χ2v) is 6.71. The molecule has 174 valence electrons. The third kappa shape index (κ3) is 5.26. The zero-order valence-corrected chi connectivity index (χ0v) is 18.2. The van der Waals surface area contributed by atoms with E-state index < -0.39 is 11.9 Å². The van der Waals surface area contributed by atoms with E-state index in [9.17, 15) is 0 Å². The number of rotatable bonds is 6. The smallest absolute Gasteiger partial charge is 0.414 e. The Hall–Kier alpha value is -4.41. The number of imidazole rings is 1. The molecule has 1 aliphatic heterocycles. The van der Waals surface area contributed by atoms with Crippen molar-refractivity contribution in [2.45, 2.75) is 6.54 Å². The molecular weight excluding hydrogens is 434 g/mol. The SMILES string of the molecule is COc1cccc(CNc2ncc(-c3ccc4c(c3)OCO4)n2C)c1OC.O=C(O)C(=O)O. The first-order valence-electron chi connectivity index (χ1n) is 9.67. The van der Waals surface area contributed by atoms with Gasteiger partial charge in [0.05, 0.1) is 26.1 Å². The van der Waals surface area contributed by atoms with Crippen LogP contribution in [0.5, 0.6) is 23.0 Å². The molecule has 3 aromatic rings. The van der Waals surface area contributed by atoms with Crippen molar-refractivity contribution in [1.29, 1.82) is 0 Å². The van der Waals surface area contributed by atoms with Crippen LogP contribution in [0.2, 0.25) is 0 Å². The maximum atomic E-state index is 9.10. The average Bonchev–Trinajstić information content (AvgIpc) is 3.43. The van der Waals surface area contributed by atoms with Crippen LogP contribution in [0.25, 0.3) is 11.3 Å². The first-order chi connectivity index (χ1) is 15.8. The number of hydrogen-bond donors (Lipinski definition) is 3. The minimum atomic E-state index is -1.82. The number of benzene rings is 2. The van der Waals surface area contributed by atoms with Crippen LogP contribution in [-0.2, 0) is 23.2 Å². The van der Waals surface area contributed by atoms with Crippen molar-refractivity contribution >= 4 is 17.9 Å². The Balaban J connectivity index is 0.000000454. The molecule has 0 amide bonds. The molecule has 2 aromatic carbocycles. The van der Waals surface area contributed by atoms with Crippen molar-refractivity contribution in [3.63, 3.8) is 0 Å². The third-order valence-electron chi connectivity index (χ3n) is 4.76. The molecule has 0 saturated carbocycles. The molecule has 1 aromatic heterocycles. The maximum Gasteiger partial charge on any atom is 0.414 e. The fourth-order valence-electron chi connectivity index (χ4n) is 3.17. The van der Waals surface area contributed by atoms with Crippen LogP contribution in [0.15, 0.2) is 42.6 Å². The van der Waals surface area contributed by atoms with E-state index in [2.05, 4.69) is 10.3 Å².